The molecular formula is C21H21FN4O3. The van der Waals surface area contributed by atoms with Crippen molar-refractivity contribution in [2.45, 2.75) is 6.04 Å². The molecule has 2 aromatic carbocycles. The number of H-pyrrole nitrogens is 1. The van der Waals surface area contributed by atoms with E-state index in [1.54, 1.807) is 48.7 Å². The van der Waals surface area contributed by atoms with Gasteiger partial charge in [-0.05, 0) is 35.9 Å². The lowest BCUT2D eigenvalue weighted by molar-refractivity contribution is 0.153. The number of methoxy groups -OCH3 is 1. The molecule has 1 unspecified atom stereocenters. The first-order valence-corrected chi connectivity index (χ1v) is 9.24. The number of nitrogens with one attached hydrogen (secondary N) is 1. The predicted octanol–water partition coefficient (Wildman–Crippen LogP) is 3.20. The van der Waals surface area contributed by atoms with Crippen LogP contribution in [0.25, 0.3) is 11.1 Å². The summed E-state index contributed by atoms with van der Waals surface area (Å²) in [6.07, 6.45) is 3.15. The maximum atomic E-state index is 14.6. The molecule has 1 atom stereocenters. The number of aliphatic hydroxyl groups is 1. The van der Waals surface area contributed by atoms with Crippen molar-refractivity contribution in [2.75, 3.05) is 31.7 Å². The topological polar surface area (TPSA) is 81.7 Å². The van der Waals surface area contributed by atoms with E-state index in [9.17, 15) is 14.3 Å². The van der Waals surface area contributed by atoms with Gasteiger partial charge in [-0.3, -0.25) is 10.00 Å². The summed E-state index contributed by atoms with van der Waals surface area (Å²) in [6.45, 7) is 0.608. The molecule has 4 rings (SSSR count). The number of halogens is 1. The summed E-state index contributed by atoms with van der Waals surface area (Å²) in [5.41, 5.74) is 2.31. The van der Waals surface area contributed by atoms with Crippen LogP contribution in [0.4, 0.5) is 14.9 Å². The Kier molecular flexibility index (Phi) is 5.18. The summed E-state index contributed by atoms with van der Waals surface area (Å²) in [7, 11) is 1.57. The minimum Gasteiger partial charge on any atom is -0.497 e. The van der Waals surface area contributed by atoms with E-state index >= 15 is 0 Å². The summed E-state index contributed by atoms with van der Waals surface area (Å²) in [6, 6.07) is 11.2. The largest absolute Gasteiger partial charge is 0.497 e. The third kappa shape index (κ3) is 3.54. The Morgan fingerprint density at radius 1 is 1.28 bits per heavy atom. The molecule has 0 saturated carbocycles. The first-order valence-electron chi connectivity index (χ1n) is 9.24. The fourth-order valence-corrected chi connectivity index (χ4v) is 3.62. The molecule has 2 N–H and O–H groups in total. The monoisotopic (exact) mass is 396 g/mol. The Labute approximate surface area is 167 Å². The number of ether oxygens (including phenoxy) is 1. The van der Waals surface area contributed by atoms with E-state index in [2.05, 4.69) is 10.2 Å². The van der Waals surface area contributed by atoms with Gasteiger partial charge < -0.3 is 14.7 Å². The number of amides is 2. The second-order valence-electron chi connectivity index (χ2n) is 6.75. The van der Waals surface area contributed by atoms with E-state index < -0.39 is 11.9 Å². The molecule has 0 bridgehead atoms. The molecule has 150 valence electrons. The van der Waals surface area contributed by atoms with Gasteiger partial charge >= 0.3 is 6.03 Å². The van der Waals surface area contributed by atoms with Gasteiger partial charge in [0.2, 0.25) is 0 Å². The van der Waals surface area contributed by atoms with Crippen LogP contribution in [0.1, 0.15) is 11.6 Å². The Hall–Kier alpha value is -3.39. The van der Waals surface area contributed by atoms with Gasteiger partial charge in [0.25, 0.3) is 0 Å². The van der Waals surface area contributed by atoms with Crippen LogP contribution in [0.5, 0.6) is 5.75 Å². The molecule has 1 saturated heterocycles. The van der Waals surface area contributed by atoms with E-state index in [0.29, 0.717) is 35.7 Å². The molecule has 0 radical (unpaired) electrons. The van der Waals surface area contributed by atoms with Crippen molar-refractivity contribution in [3.8, 4) is 16.9 Å². The normalized spacial score (nSPS) is 15.1. The molecule has 2 heterocycles. The standard InChI is InChI=1S/C21H21FN4O3/c1-29-17-4-2-3-14(9-17)20(13-27)26-8-7-25(21(26)28)16-5-6-18(19(22)10-16)15-11-23-24-12-15/h2-6,9-12,20,27H,7-8,13H2,1H3,(H,23,24). The molecule has 0 aliphatic carbocycles. The van der Waals surface area contributed by atoms with Crippen LogP contribution in [0.15, 0.2) is 54.9 Å². The average Bonchev–Trinajstić information content (AvgIpc) is 3.39. The first kappa shape index (κ1) is 18.9. The number of benzene rings is 2. The number of aliphatic hydroxyl groups excluding tert-OH is 1. The Bertz CT molecular complexity index is 1010. The number of anilines is 1. The number of carbonyl (C=O) groups excluding carboxylic acids is 1. The van der Waals surface area contributed by atoms with E-state index in [4.69, 9.17) is 4.74 Å². The van der Waals surface area contributed by atoms with E-state index in [-0.39, 0.29) is 12.6 Å². The van der Waals surface area contributed by atoms with Gasteiger partial charge in [0, 0.05) is 36.1 Å². The number of urea groups is 1. The first-order chi connectivity index (χ1) is 14.1. The highest BCUT2D eigenvalue weighted by atomic mass is 19.1. The van der Waals surface area contributed by atoms with Gasteiger partial charge in [-0.1, -0.05) is 12.1 Å². The quantitative estimate of drug-likeness (QED) is 0.670. The van der Waals surface area contributed by atoms with Crippen molar-refractivity contribution in [1.82, 2.24) is 15.1 Å². The smallest absolute Gasteiger partial charge is 0.325 e. The van der Waals surface area contributed by atoms with Crippen molar-refractivity contribution in [3.05, 3.63) is 66.2 Å². The fourth-order valence-electron chi connectivity index (χ4n) is 3.62. The lowest BCUT2D eigenvalue weighted by Gasteiger charge is -2.27. The maximum absolute atomic E-state index is 14.6. The SMILES string of the molecule is COc1cccc(C(CO)N2CCN(c3ccc(-c4cn[nH]c4)c(F)c3)C2=O)c1. The third-order valence-corrected chi connectivity index (χ3v) is 5.14. The summed E-state index contributed by atoms with van der Waals surface area (Å²) < 4.78 is 19.9. The van der Waals surface area contributed by atoms with E-state index in [0.717, 1.165) is 5.56 Å². The van der Waals surface area contributed by atoms with Gasteiger partial charge in [-0.2, -0.15) is 5.10 Å². The Morgan fingerprint density at radius 3 is 2.83 bits per heavy atom. The number of nitrogens with zero attached hydrogens (tertiary/aromatic N) is 3. The number of hydrogen-bond donors (Lipinski definition) is 2. The summed E-state index contributed by atoms with van der Waals surface area (Å²) in [4.78, 5) is 16.1. The Morgan fingerprint density at radius 2 is 2.14 bits per heavy atom. The van der Waals surface area contributed by atoms with Crippen molar-refractivity contribution < 1.29 is 19.0 Å². The van der Waals surface area contributed by atoms with Crippen LogP contribution in [-0.2, 0) is 0 Å². The number of rotatable bonds is 6. The number of aromatic nitrogens is 2. The predicted molar refractivity (Wildman–Crippen MR) is 106 cm³/mol. The molecule has 1 aliphatic heterocycles. The number of hydrogen-bond acceptors (Lipinski definition) is 4. The minimum absolute atomic E-state index is 0.222. The van der Waals surface area contributed by atoms with E-state index in [1.165, 1.54) is 11.0 Å². The van der Waals surface area contributed by atoms with Crippen molar-refractivity contribution in [2.24, 2.45) is 0 Å². The van der Waals surface area contributed by atoms with E-state index in [1.807, 2.05) is 12.1 Å². The second kappa shape index (κ2) is 7.92. The molecule has 1 aromatic heterocycles. The number of aromatic amines is 1. The molecule has 8 heteroatoms. The van der Waals surface area contributed by atoms with Crippen LogP contribution in [-0.4, -0.2) is 53.0 Å². The molecule has 3 aromatic rings. The highest BCUT2D eigenvalue weighted by Crippen LogP contribution is 2.32. The van der Waals surface area contributed by atoms with Crippen LogP contribution in [0.2, 0.25) is 0 Å². The van der Waals surface area contributed by atoms with Gasteiger partial charge in [0.05, 0.1) is 26.0 Å². The van der Waals surface area contributed by atoms with Gasteiger partial charge in [-0.15, -0.1) is 0 Å². The summed E-state index contributed by atoms with van der Waals surface area (Å²) >= 11 is 0. The lowest BCUT2D eigenvalue weighted by Crippen LogP contribution is -2.36. The van der Waals surface area contributed by atoms with Crippen LogP contribution < -0.4 is 9.64 Å². The van der Waals surface area contributed by atoms with Crippen LogP contribution in [0.3, 0.4) is 0 Å². The molecule has 7 nitrogen and oxygen atoms in total. The zero-order valence-electron chi connectivity index (χ0n) is 15.9. The molecule has 0 spiro atoms. The van der Waals surface area contributed by atoms with Crippen molar-refractivity contribution in [3.63, 3.8) is 0 Å². The zero-order chi connectivity index (χ0) is 20.4. The second-order valence-corrected chi connectivity index (χ2v) is 6.75. The molecular weight excluding hydrogens is 375 g/mol. The average molecular weight is 396 g/mol. The molecule has 1 fully saturated rings. The van der Waals surface area contributed by atoms with Gasteiger partial charge in [0.15, 0.2) is 0 Å². The van der Waals surface area contributed by atoms with Gasteiger partial charge in [0.1, 0.15) is 11.6 Å². The highest BCUT2D eigenvalue weighted by Gasteiger charge is 2.35. The lowest BCUT2D eigenvalue weighted by atomic mass is 10.1. The van der Waals surface area contributed by atoms with Crippen LogP contribution >= 0.6 is 0 Å². The number of carbonyl (C=O) groups is 1. The Balaban J connectivity index is 1.57. The molecule has 29 heavy (non-hydrogen) atoms. The third-order valence-electron chi connectivity index (χ3n) is 5.14. The zero-order valence-corrected chi connectivity index (χ0v) is 15.9. The molecule has 1 aliphatic rings. The van der Waals surface area contributed by atoms with Crippen molar-refractivity contribution >= 4 is 11.7 Å². The summed E-state index contributed by atoms with van der Waals surface area (Å²) in [5, 5.41) is 16.4. The maximum Gasteiger partial charge on any atom is 0.325 e. The molecule has 2 amide bonds. The van der Waals surface area contributed by atoms with Crippen molar-refractivity contribution in [1.29, 1.82) is 0 Å². The summed E-state index contributed by atoms with van der Waals surface area (Å²) in [5.74, 6) is 0.225. The van der Waals surface area contributed by atoms with Crippen LogP contribution in [0, 0.1) is 5.82 Å². The fraction of sp³-hybridized carbons (Fsp3) is 0.238. The highest BCUT2D eigenvalue weighted by molar-refractivity contribution is 5.94. The minimum atomic E-state index is -0.502. The van der Waals surface area contributed by atoms with Gasteiger partial charge in [-0.25, -0.2) is 9.18 Å².